The van der Waals surface area contributed by atoms with Crippen LogP contribution in [0.5, 0.6) is 0 Å². The Morgan fingerprint density at radius 1 is 1.06 bits per heavy atom. The summed E-state index contributed by atoms with van der Waals surface area (Å²) < 4.78 is 10.7. The van der Waals surface area contributed by atoms with Crippen molar-refractivity contribution >= 4 is 17.8 Å². The first-order chi connectivity index (χ1) is 16.4. The third kappa shape index (κ3) is 9.18. The zero-order valence-electron chi connectivity index (χ0n) is 21.2. The van der Waals surface area contributed by atoms with Crippen molar-refractivity contribution in [2.75, 3.05) is 13.7 Å². The first-order valence-corrected chi connectivity index (χ1v) is 12.5. The molecule has 2 aliphatic rings. The van der Waals surface area contributed by atoms with E-state index in [0.29, 0.717) is 6.42 Å². The number of amides is 2. The van der Waals surface area contributed by atoms with Gasteiger partial charge in [-0.3, -0.25) is 14.4 Å². The summed E-state index contributed by atoms with van der Waals surface area (Å²) >= 11 is 0. The molecule has 200 valence electrons. The van der Waals surface area contributed by atoms with Crippen LogP contribution in [0.1, 0.15) is 65.7 Å². The number of hydrogen-bond acceptors (Lipinski definition) is 8. The second-order valence-electron chi connectivity index (χ2n) is 10.6. The molecule has 0 spiro atoms. The standard InChI is InChI=1S/C25H42N2O8/c1-25(2,3)13-12-18(28)19(29)20(30)21(34-4)23(32)27-17-11-10-16(14-26-22(17)31)35-24(33)15-8-6-5-7-9-15/h12-13,15-21,28-30H,5-11,14H2,1-4H3,(H,26,31)(H,27,32)/b13-12+/t16-,17?,18-,19+,20-,21-/m1/s1. The zero-order valence-corrected chi connectivity index (χ0v) is 21.2. The van der Waals surface area contributed by atoms with E-state index in [1.54, 1.807) is 6.08 Å². The molecule has 1 aliphatic heterocycles. The summed E-state index contributed by atoms with van der Waals surface area (Å²) in [7, 11) is 1.19. The summed E-state index contributed by atoms with van der Waals surface area (Å²) in [5.41, 5.74) is -0.251. The summed E-state index contributed by atoms with van der Waals surface area (Å²) in [6.07, 6.45) is 1.61. The average molecular weight is 499 g/mol. The number of allylic oxidation sites excluding steroid dienone is 1. The summed E-state index contributed by atoms with van der Waals surface area (Å²) in [4.78, 5) is 37.7. The molecule has 5 N–H and O–H groups in total. The lowest BCUT2D eigenvalue weighted by Gasteiger charge is -2.28. The zero-order chi connectivity index (χ0) is 26.2. The number of carbonyl (C=O) groups excluding carboxylic acids is 3. The Labute approximate surface area is 207 Å². The van der Waals surface area contributed by atoms with Crippen molar-refractivity contribution in [3.05, 3.63) is 12.2 Å². The Hall–Kier alpha value is -2.01. The SMILES string of the molecule is CO[C@@H](C(=O)NC1CC[C@@H](OC(=O)C2CCCCC2)CNC1=O)[C@H](O)[C@@H](O)[C@H](O)/C=C/C(C)(C)C. The Bertz CT molecular complexity index is 744. The van der Waals surface area contributed by atoms with Crippen molar-refractivity contribution in [1.82, 2.24) is 10.6 Å². The van der Waals surface area contributed by atoms with E-state index in [9.17, 15) is 29.7 Å². The molecule has 1 unspecified atom stereocenters. The molecule has 1 aliphatic carbocycles. The Morgan fingerprint density at radius 2 is 1.71 bits per heavy atom. The molecular formula is C25H42N2O8. The summed E-state index contributed by atoms with van der Waals surface area (Å²) in [5, 5.41) is 36.2. The molecule has 0 radical (unpaired) electrons. The van der Waals surface area contributed by atoms with Crippen LogP contribution in [-0.2, 0) is 23.9 Å². The van der Waals surface area contributed by atoms with Crippen LogP contribution in [0.3, 0.4) is 0 Å². The smallest absolute Gasteiger partial charge is 0.309 e. The van der Waals surface area contributed by atoms with Crippen LogP contribution >= 0.6 is 0 Å². The maximum Gasteiger partial charge on any atom is 0.309 e. The lowest BCUT2D eigenvalue weighted by molar-refractivity contribution is -0.155. The first-order valence-electron chi connectivity index (χ1n) is 12.5. The van der Waals surface area contributed by atoms with E-state index in [-0.39, 0.29) is 30.3 Å². The Balaban J connectivity index is 1.92. The van der Waals surface area contributed by atoms with Crippen LogP contribution in [0.4, 0.5) is 0 Å². The van der Waals surface area contributed by atoms with E-state index in [0.717, 1.165) is 32.1 Å². The number of aliphatic hydroxyl groups is 3. The predicted molar refractivity (Wildman–Crippen MR) is 128 cm³/mol. The van der Waals surface area contributed by atoms with Crippen LogP contribution in [0, 0.1) is 11.3 Å². The highest BCUT2D eigenvalue weighted by atomic mass is 16.5. The van der Waals surface area contributed by atoms with Crippen molar-refractivity contribution < 1.29 is 39.2 Å². The van der Waals surface area contributed by atoms with Crippen molar-refractivity contribution in [3.8, 4) is 0 Å². The van der Waals surface area contributed by atoms with Gasteiger partial charge >= 0.3 is 5.97 Å². The van der Waals surface area contributed by atoms with Crippen molar-refractivity contribution in [2.45, 2.75) is 102 Å². The average Bonchev–Trinajstić information content (AvgIpc) is 2.98. The molecule has 2 rings (SSSR count). The lowest BCUT2D eigenvalue weighted by Crippen LogP contribution is -2.55. The number of nitrogens with one attached hydrogen (secondary N) is 2. The molecular weight excluding hydrogens is 456 g/mol. The predicted octanol–water partition coefficient (Wildman–Crippen LogP) is 0.573. The Morgan fingerprint density at radius 3 is 2.31 bits per heavy atom. The van der Waals surface area contributed by atoms with Gasteiger partial charge < -0.3 is 35.4 Å². The number of rotatable bonds is 9. The van der Waals surface area contributed by atoms with Gasteiger partial charge in [-0.25, -0.2) is 0 Å². The van der Waals surface area contributed by atoms with Gasteiger partial charge in [0.25, 0.3) is 5.91 Å². The van der Waals surface area contributed by atoms with E-state index in [4.69, 9.17) is 9.47 Å². The number of hydrogen-bond donors (Lipinski definition) is 5. The molecule has 1 saturated carbocycles. The number of methoxy groups -OCH3 is 1. The minimum Gasteiger partial charge on any atom is -0.460 e. The molecule has 0 aromatic rings. The molecule has 2 amide bonds. The van der Waals surface area contributed by atoms with Crippen LogP contribution in [0.15, 0.2) is 12.2 Å². The van der Waals surface area contributed by atoms with Crippen LogP contribution in [0.2, 0.25) is 0 Å². The molecule has 10 heteroatoms. The van der Waals surface area contributed by atoms with Crippen molar-refractivity contribution in [3.63, 3.8) is 0 Å². The summed E-state index contributed by atoms with van der Waals surface area (Å²) in [5.74, 6) is -1.57. The van der Waals surface area contributed by atoms with Gasteiger partial charge in [-0.1, -0.05) is 52.2 Å². The van der Waals surface area contributed by atoms with Gasteiger partial charge in [0.05, 0.1) is 12.5 Å². The lowest BCUT2D eigenvalue weighted by atomic mass is 9.89. The summed E-state index contributed by atoms with van der Waals surface area (Å²) in [6, 6.07) is -0.923. The minimum atomic E-state index is -1.74. The van der Waals surface area contributed by atoms with E-state index < -0.39 is 48.4 Å². The quantitative estimate of drug-likeness (QED) is 0.228. The third-order valence-electron chi connectivity index (χ3n) is 6.45. The highest BCUT2D eigenvalue weighted by Crippen LogP contribution is 2.26. The number of ether oxygens (including phenoxy) is 2. The number of carbonyl (C=O) groups is 3. The van der Waals surface area contributed by atoms with Gasteiger partial charge in [-0.15, -0.1) is 0 Å². The fourth-order valence-corrected chi connectivity index (χ4v) is 4.30. The molecule has 0 bridgehead atoms. The minimum absolute atomic E-state index is 0.0952. The van der Waals surface area contributed by atoms with Gasteiger partial charge in [0, 0.05) is 7.11 Å². The van der Waals surface area contributed by atoms with E-state index in [1.165, 1.54) is 13.2 Å². The van der Waals surface area contributed by atoms with Crippen LogP contribution in [-0.4, -0.2) is 83.3 Å². The second-order valence-corrected chi connectivity index (χ2v) is 10.6. The van der Waals surface area contributed by atoms with E-state index in [2.05, 4.69) is 10.6 Å². The maximum atomic E-state index is 12.8. The van der Waals surface area contributed by atoms with Gasteiger partial charge in [0.1, 0.15) is 30.5 Å². The molecule has 0 aromatic heterocycles. The molecule has 1 saturated heterocycles. The van der Waals surface area contributed by atoms with Crippen molar-refractivity contribution in [2.24, 2.45) is 11.3 Å². The topological polar surface area (TPSA) is 154 Å². The molecule has 6 atom stereocenters. The first kappa shape index (κ1) is 29.2. The van der Waals surface area contributed by atoms with Gasteiger partial charge in [-0.2, -0.15) is 0 Å². The highest BCUT2D eigenvalue weighted by Gasteiger charge is 2.38. The molecule has 1 heterocycles. The normalized spacial score (nSPS) is 25.7. The van der Waals surface area contributed by atoms with Gasteiger partial charge in [0.15, 0.2) is 6.10 Å². The van der Waals surface area contributed by atoms with E-state index >= 15 is 0 Å². The summed E-state index contributed by atoms with van der Waals surface area (Å²) in [6.45, 7) is 5.88. The number of aliphatic hydroxyl groups excluding tert-OH is 3. The van der Waals surface area contributed by atoms with Crippen molar-refractivity contribution in [1.29, 1.82) is 0 Å². The number of esters is 1. The Kier molecular flexibility index (Phi) is 11.1. The molecule has 10 nitrogen and oxygen atoms in total. The maximum absolute atomic E-state index is 12.8. The van der Waals surface area contributed by atoms with Gasteiger partial charge in [-0.05, 0) is 31.1 Å². The fraction of sp³-hybridized carbons (Fsp3) is 0.800. The fourth-order valence-electron chi connectivity index (χ4n) is 4.30. The van der Waals surface area contributed by atoms with E-state index in [1.807, 2.05) is 20.8 Å². The monoisotopic (exact) mass is 498 g/mol. The molecule has 2 fully saturated rings. The highest BCUT2D eigenvalue weighted by molar-refractivity contribution is 5.89. The molecule has 0 aromatic carbocycles. The van der Waals surface area contributed by atoms with Crippen LogP contribution in [0.25, 0.3) is 0 Å². The largest absolute Gasteiger partial charge is 0.460 e. The second kappa shape index (κ2) is 13.3. The van der Waals surface area contributed by atoms with Gasteiger partial charge in [0.2, 0.25) is 5.91 Å². The third-order valence-corrected chi connectivity index (χ3v) is 6.45. The molecule has 35 heavy (non-hydrogen) atoms. The van der Waals surface area contributed by atoms with Crippen LogP contribution < -0.4 is 10.6 Å².